The van der Waals surface area contributed by atoms with Crippen LogP contribution in [0, 0.1) is 0 Å². The zero-order valence-corrected chi connectivity index (χ0v) is 17.4. The molecule has 0 bridgehead atoms. The normalized spacial score (nSPS) is 19.2. The molecule has 2 aromatic rings. The molecule has 0 saturated carbocycles. The summed E-state index contributed by atoms with van der Waals surface area (Å²) in [6, 6.07) is 14.8. The van der Waals surface area contributed by atoms with Crippen LogP contribution in [0.3, 0.4) is 0 Å². The number of carboxylic acid groups (broad SMARTS) is 1. The molecule has 2 unspecified atom stereocenters. The van der Waals surface area contributed by atoms with Crippen molar-refractivity contribution in [1.82, 2.24) is 9.80 Å². The van der Waals surface area contributed by atoms with Crippen molar-refractivity contribution < 1.29 is 19.4 Å². The molecule has 2 atom stereocenters. The van der Waals surface area contributed by atoms with Gasteiger partial charge in [0.25, 0.3) is 5.91 Å². The zero-order chi connectivity index (χ0) is 20.3. The van der Waals surface area contributed by atoms with E-state index in [4.69, 9.17) is 4.74 Å². The van der Waals surface area contributed by atoms with E-state index in [1.54, 1.807) is 43.3 Å². The molecule has 1 fully saturated rings. The van der Waals surface area contributed by atoms with Gasteiger partial charge in [0.05, 0.1) is 7.11 Å². The number of amides is 2. The predicted octanol–water partition coefficient (Wildman–Crippen LogP) is 4.07. The van der Waals surface area contributed by atoms with Crippen molar-refractivity contribution in [3.8, 4) is 5.75 Å². The summed E-state index contributed by atoms with van der Waals surface area (Å²) < 4.78 is 6.11. The molecular formula is C21H23BrN2O4. The Morgan fingerprint density at radius 1 is 1.14 bits per heavy atom. The first-order valence-electron chi connectivity index (χ1n) is 9.05. The molecule has 0 spiro atoms. The molecule has 1 saturated heterocycles. The summed E-state index contributed by atoms with van der Waals surface area (Å²) in [6.07, 6.45) is -0.337. The minimum atomic E-state index is -0.926. The minimum absolute atomic E-state index is 0.0847. The SMILES string of the molecule is COc1ccc(C(=O)N(C)C2CCN(C(=O)O)CC2c2ccc(Br)cc2)cc1. The van der Waals surface area contributed by atoms with E-state index in [-0.39, 0.29) is 17.9 Å². The Bertz CT molecular complexity index is 838. The molecule has 0 aromatic heterocycles. The number of piperidine rings is 1. The van der Waals surface area contributed by atoms with Gasteiger partial charge in [0, 0.05) is 42.1 Å². The fourth-order valence-corrected chi connectivity index (χ4v) is 3.97. The van der Waals surface area contributed by atoms with Crippen molar-refractivity contribution in [3.63, 3.8) is 0 Å². The highest BCUT2D eigenvalue weighted by Gasteiger charge is 2.36. The number of carbonyl (C=O) groups excluding carboxylic acids is 1. The number of rotatable bonds is 4. The molecule has 1 heterocycles. The van der Waals surface area contributed by atoms with Gasteiger partial charge in [0.1, 0.15) is 5.75 Å². The third-order valence-corrected chi connectivity index (χ3v) is 5.83. The van der Waals surface area contributed by atoms with E-state index < -0.39 is 6.09 Å². The largest absolute Gasteiger partial charge is 0.497 e. The second-order valence-corrected chi connectivity index (χ2v) is 7.80. The number of likely N-dealkylation sites (N-methyl/N-ethyl adjacent to an activating group) is 1. The van der Waals surface area contributed by atoms with Crippen LogP contribution in [-0.2, 0) is 0 Å². The number of halogens is 1. The van der Waals surface area contributed by atoms with Gasteiger partial charge in [-0.15, -0.1) is 0 Å². The first-order chi connectivity index (χ1) is 13.4. The molecule has 148 valence electrons. The molecule has 3 rings (SSSR count). The summed E-state index contributed by atoms with van der Waals surface area (Å²) in [7, 11) is 3.38. The van der Waals surface area contributed by atoms with Gasteiger partial charge in [-0.05, 0) is 48.4 Å². The Balaban J connectivity index is 1.86. The fraction of sp³-hybridized carbons (Fsp3) is 0.333. The van der Waals surface area contributed by atoms with Crippen molar-refractivity contribution in [2.75, 3.05) is 27.2 Å². The number of hydrogen-bond acceptors (Lipinski definition) is 3. The number of carbonyl (C=O) groups is 2. The van der Waals surface area contributed by atoms with E-state index >= 15 is 0 Å². The first kappa shape index (κ1) is 20.2. The van der Waals surface area contributed by atoms with E-state index in [9.17, 15) is 14.7 Å². The van der Waals surface area contributed by atoms with Crippen LogP contribution in [0.15, 0.2) is 53.0 Å². The highest BCUT2D eigenvalue weighted by Crippen LogP contribution is 2.32. The number of methoxy groups -OCH3 is 1. The van der Waals surface area contributed by atoms with E-state index in [1.165, 1.54) is 4.90 Å². The molecule has 2 amide bonds. The highest BCUT2D eigenvalue weighted by molar-refractivity contribution is 9.10. The number of likely N-dealkylation sites (tertiary alicyclic amines) is 1. The Morgan fingerprint density at radius 2 is 1.79 bits per heavy atom. The Kier molecular flexibility index (Phi) is 6.24. The summed E-state index contributed by atoms with van der Waals surface area (Å²) in [6.45, 7) is 0.773. The summed E-state index contributed by atoms with van der Waals surface area (Å²) in [5, 5.41) is 9.43. The molecule has 28 heavy (non-hydrogen) atoms. The van der Waals surface area contributed by atoms with E-state index in [0.29, 0.717) is 30.8 Å². The maximum absolute atomic E-state index is 13.0. The number of hydrogen-bond donors (Lipinski definition) is 1. The quantitative estimate of drug-likeness (QED) is 0.768. The zero-order valence-electron chi connectivity index (χ0n) is 15.8. The number of ether oxygens (including phenoxy) is 1. The fourth-order valence-electron chi connectivity index (χ4n) is 3.70. The summed E-state index contributed by atoms with van der Waals surface area (Å²) in [5.74, 6) is 0.519. The lowest BCUT2D eigenvalue weighted by Gasteiger charge is -2.42. The van der Waals surface area contributed by atoms with Crippen LogP contribution in [0.5, 0.6) is 5.75 Å². The maximum atomic E-state index is 13.0. The molecule has 0 aliphatic carbocycles. The minimum Gasteiger partial charge on any atom is -0.497 e. The Labute approximate surface area is 172 Å². The third kappa shape index (κ3) is 4.30. The predicted molar refractivity (Wildman–Crippen MR) is 110 cm³/mol. The lowest BCUT2D eigenvalue weighted by Crippen LogP contribution is -2.51. The molecule has 1 N–H and O–H groups in total. The standard InChI is InChI=1S/C21H23BrN2O4/c1-23(20(25)15-5-9-17(28-2)10-6-15)19-11-12-24(21(26)27)13-18(19)14-3-7-16(22)8-4-14/h3-10,18-19H,11-13H2,1-2H3,(H,26,27). The summed E-state index contributed by atoms with van der Waals surface area (Å²) in [4.78, 5) is 27.7. The van der Waals surface area contributed by atoms with E-state index in [0.717, 1.165) is 10.0 Å². The van der Waals surface area contributed by atoms with Gasteiger partial charge in [-0.3, -0.25) is 4.79 Å². The van der Waals surface area contributed by atoms with Crippen molar-refractivity contribution >= 4 is 27.9 Å². The number of nitrogens with zero attached hydrogens (tertiary/aromatic N) is 2. The van der Waals surface area contributed by atoms with Gasteiger partial charge in [-0.1, -0.05) is 28.1 Å². The lowest BCUT2D eigenvalue weighted by atomic mass is 9.85. The Hall–Kier alpha value is -2.54. The van der Waals surface area contributed by atoms with Gasteiger partial charge in [0.2, 0.25) is 0 Å². The molecule has 7 heteroatoms. The summed E-state index contributed by atoms with van der Waals surface area (Å²) in [5.41, 5.74) is 1.60. The van der Waals surface area contributed by atoms with Crippen LogP contribution in [0.2, 0.25) is 0 Å². The van der Waals surface area contributed by atoms with Gasteiger partial charge >= 0.3 is 6.09 Å². The molecular weight excluding hydrogens is 424 g/mol. The lowest BCUT2D eigenvalue weighted by molar-refractivity contribution is 0.0590. The van der Waals surface area contributed by atoms with Crippen molar-refractivity contribution in [3.05, 3.63) is 64.1 Å². The van der Waals surface area contributed by atoms with Crippen LogP contribution in [-0.4, -0.2) is 60.2 Å². The molecule has 1 aliphatic rings. The topological polar surface area (TPSA) is 70.1 Å². The van der Waals surface area contributed by atoms with Crippen LogP contribution in [0.1, 0.15) is 28.3 Å². The van der Waals surface area contributed by atoms with Crippen molar-refractivity contribution in [2.24, 2.45) is 0 Å². The molecule has 6 nitrogen and oxygen atoms in total. The van der Waals surface area contributed by atoms with E-state index in [1.807, 2.05) is 24.3 Å². The van der Waals surface area contributed by atoms with Gasteiger partial charge in [-0.2, -0.15) is 0 Å². The van der Waals surface area contributed by atoms with Gasteiger partial charge in [0.15, 0.2) is 0 Å². The van der Waals surface area contributed by atoms with Crippen molar-refractivity contribution in [2.45, 2.75) is 18.4 Å². The average molecular weight is 447 g/mol. The second kappa shape index (κ2) is 8.65. The average Bonchev–Trinajstić information content (AvgIpc) is 2.73. The van der Waals surface area contributed by atoms with Gasteiger partial charge in [-0.25, -0.2) is 4.79 Å². The number of benzene rings is 2. The molecule has 0 radical (unpaired) electrons. The highest BCUT2D eigenvalue weighted by atomic mass is 79.9. The first-order valence-corrected chi connectivity index (χ1v) is 9.84. The van der Waals surface area contributed by atoms with Gasteiger partial charge < -0.3 is 19.6 Å². The molecule has 2 aromatic carbocycles. The maximum Gasteiger partial charge on any atom is 0.407 e. The van der Waals surface area contributed by atoms with Crippen LogP contribution in [0.25, 0.3) is 0 Å². The monoisotopic (exact) mass is 446 g/mol. The Morgan fingerprint density at radius 3 is 2.36 bits per heavy atom. The second-order valence-electron chi connectivity index (χ2n) is 6.89. The van der Waals surface area contributed by atoms with Crippen molar-refractivity contribution in [1.29, 1.82) is 0 Å². The van der Waals surface area contributed by atoms with Crippen LogP contribution in [0.4, 0.5) is 4.79 Å². The molecule has 1 aliphatic heterocycles. The summed E-state index contributed by atoms with van der Waals surface area (Å²) >= 11 is 3.43. The van der Waals surface area contributed by atoms with Crippen LogP contribution >= 0.6 is 15.9 Å². The van der Waals surface area contributed by atoms with Crippen LogP contribution < -0.4 is 4.74 Å². The third-order valence-electron chi connectivity index (χ3n) is 5.30. The smallest absolute Gasteiger partial charge is 0.407 e. The van der Waals surface area contributed by atoms with E-state index in [2.05, 4.69) is 15.9 Å².